The van der Waals surface area contributed by atoms with Gasteiger partial charge >= 0.3 is 0 Å². The number of guanidine groups is 1. The number of rotatable bonds is 8. The Labute approximate surface area is 193 Å². The third kappa shape index (κ3) is 6.81. The van der Waals surface area contributed by atoms with Crippen LogP contribution in [0.5, 0.6) is 0 Å². The SMILES string of the molecule is CCNC(=NCc1ccc(F)c(COC)c1)NCc1coc(-c2ccccc2)n1.I. The molecule has 3 aromatic rings. The van der Waals surface area contributed by atoms with Gasteiger partial charge in [0, 0.05) is 24.8 Å². The van der Waals surface area contributed by atoms with Crippen molar-refractivity contribution >= 4 is 29.9 Å². The molecule has 0 aliphatic carbocycles. The van der Waals surface area contributed by atoms with Crippen molar-refractivity contribution < 1.29 is 13.5 Å². The smallest absolute Gasteiger partial charge is 0.226 e. The number of oxazole rings is 1. The summed E-state index contributed by atoms with van der Waals surface area (Å²) >= 11 is 0. The molecule has 2 N–H and O–H groups in total. The summed E-state index contributed by atoms with van der Waals surface area (Å²) in [5, 5.41) is 6.44. The van der Waals surface area contributed by atoms with Gasteiger partial charge < -0.3 is 19.8 Å². The molecule has 0 unspecified atom stereocenters. The van der Waals surface area contributed by atoms with E-state index in [9.17, 15) is 4.39 Å². The number of ether oxygens (including phenoxy) is 1. The predicted octanol–water partition coefficient (Wildman–Crippen LogP) is 4.50. The zero-order chi connectivity index (χ0) is 20.5. The van der Waals surface area contributed by atoms with Gasteiger partial charge in [0.05, 0.1) is 25.4 Å². The van der Waals surface area contributed by atoms with E-state index in [-0.39, 0.29) is 36.4 Å². The number of halogens is 2. The van der Waals surface area contributed by atoms with E-state index in [1.807, 2.05) is 37.3 Å². The Hall–Kier alpha value is -2.46. The van der Waals surface area contributed by atoms with Gasteiger partial charge in [-0.15, -0.1) is 24.0 Å². The van der Waals surface area contributed by atoms with Crippen LogP contribution in [-0.2, 0) is 24.4 Å². The predicted molar refractivity (Wildman–Crippen MR) is 126 cm³/mol. The van der Waals surface area contributed by atoms with E-state index in [2.05, 4.69) is 20.6 Å². The molecule has 30 heavy (non-hydrogen) atoms. The summed E-state index contributed by atoms with van der Waals surface area (Å²) in [6.07, 6.45) is 1.63. The second-order valence-corrected chi connectivity index (χ2v) is 6.42. The van der Waals surface area contributed by atoms with Crippen LogP contribution in [0.1, 0.15) is 23.7 Å². The summed E-state index contributed by atoms with van der Waals surface area (Å²) in [4.78, 5) is 9.07. The van der Waals surface area contributed by atoms with E-state index in [0.717, 1.165) is 23.4 Å². The fraction of sp³-hybridized carbons (Fsp3) is 0.273. The van der Waals surface area contributed by atoms with Crippen LogP contribution in [0.2, 0.25) is 0 Å². The van der Waals surface area contributed by atoms with Crippen LogP contribution in [0.4, 0.5) is 4.39 Å². The minimum Gasteiger partial charge on any atom is -0.444 e. The first-order valence-electron chi connectivity index (χ1n) is 9.48. The number of methoxy groups -OCH3 is 1. The minimum atomic E-state index is -0.273. The van der Waals surface area contributed by atoms with Crippen LogP contribution >= 0.6 is 24.0 Å². The van der Waals surface area contributed by atoms with Crippen molar-refractivity contribution in [3.63, 3.8) is 0 Å². The topological polar surface area (TPSA) is 71.7 Å². The molecule has 0 fully saturated rings. The van der Waals surface area contributed by atoms with Crippen LogP contribution in [0.25, 0.3) is 11.5 Å². The monoisotopic (exact) mass is 524 g/mol. The minimum absolute atomic E-state index is 0. The van der Waals surface area contributed by atoms with Crippen molar-refractivity contribution in [2.45, 2.75) is 26.6 Å². The molecule has 0 saturated heterocycles. The third-order valence-electron chi connectivity index (χ3n) is 4.18. The molecule has 0 radical (unpaired) electrons. The largest absolute Gasteiger partial charge is 0.444 e. The van der Waals surface area contributed by atoms with E-state index >= 15 is 0 Å². The highest BCUT2D eigenvalue weighted by atomic mass is 127. The normalized spacial score (nSPS) is 11.1. The average molecular weight is 524 g/mol. The van der Waals surface area contributed by atoms with Gasteiger partial charge in [0.1, 0.15) is 12.1 Å². The van der Waals surface area contributed by atoms with Crippen LogP contribution < -0.4 is 10.6 Å². The molecule has 0 saturated carbocycles. The molecule has 6 nitrogen and oxygen atoms in total. The Morgan fingerprint density at radius 2 is 1.97 bits per heavy atom. The lowest BCUT2D eigenvalue weighted by Gasteiger charge is -2.10. The summed E-state index contributed by atoms with van der Waals surface area (Å²) in [6.45, 7) is 3.84. The summed E-state index contributed by atoms with van der Waals surface area (Å²) in [5.41, 5.74) is 3.14. The van der Waals surface area contributed by atoms with E-state index in [1.54, 1.807) is 25.5 Å². The number of benzene rings is 2. The maximum absolute atomic E-state index is 13.8. The highest BCUT2D eigenvalue weighted by molar-refractivity contribution is 14.0. The average Bonchev–Trinajstić information content (AvgIpc) is 3.22. The van der Waals surface area contributed by atoms with Crippen LogP contribution in [0.3, 0.4) is 0 Å². The fourth-order valence-electron chi connectivity index (χ4n) is 2.78. The maximum atomic E-state index is 13.8. The van der Waals surface area contributed by atoms with Crippen molar-refractivity contribution in [2.75, 3.05) is 13.7 Å². The zero-order valence-electron chi connectivity index (χ0n) is 17.0. The van der Waals surface area contributed by atoms with Crippen LogP contribution in [0.15, 0.2) is 64.2 Å². The first-order valence-corrected chi connectivity index (χ1v) is 9.48. The number of nitrogens with zero attached hydrogens (tertiary/aromatic N) is 2. The highest BCUT2D eigenvalue weighted by Crippen LogP contribution is 2.17. The Bertz CT molecular complexity index is 947. The summed E-state index contributed by atoms with van der Waals surface area (Å²) in [5.74, 6) is 0.959. The number of aliphatic imine (C=N–C) groups is 1. The molecule has 8 heteroatoms. The zero-order valence-corrected chi connectivity index (χ0v) is 19.4. The molecule has 2 aromatic carbocycles. The molecular formula is C22H26FIN4O2. The van der Waals surface area contributed by atoms with Gasteiger partial charge in [-0.05, 0) is 36.8 Å². The Kier molecular flexibility index (Phi) is 9.75. The van der Waals surface area contributed by atoms with Crippen LogP contribution in [0, 0.1) is 5.82 Å². The Morgan fingerprint density at radius 3 is 2.70 bits per heavy atom. The lowest BCUT2D eigenvalue weighted by Crippen LogP contribution is -2.36. The van der Waals surface area contributed by atoms with E-state index in [4.69, 9.17) is 9.15 Å². The van der Waals surface area contributed by atoms with Gasteiger partial charge in [0.2, 0.25) is 5.89 Å². The summed E-state index contributed by atoms with van der Waals surface area (Å²) < 4.78 is 24.3. The fourth-order valence-corrected chi connectivity index (χ4v) is 2.78. The Morgan fingerprint density at radius 1 is 1.17 bits per heavy atom. The maximum Gasteiger partial charge on any atom is 0.226 e. The number of hydrogen-bond donors (Lipinski definition) is 2. The molecule has 0 aliphatic rings. The second-order valence-electron chi connectivity index (χ2n) is 6.42. The summed E-state index contributed by atoms with van der Waals surface area (Å²) in [6, 6.07) is 14.7. The lowest BCUT2D eigenvalue weighted by molar-refractivity contribution is 0.181. The van der Waals surface area contributed by atoms with E-state index < -0.39 is 0 Å². The lowest BCUT2D eigenvalue weighted by atomic mass is 10.1. The van der Waals surface area contributed by atoms with Crippen molar-refractivity contribution in [1.82, 2.24) is 15.6 Å². The van der Waals surface area contributed by atoms with Crippen molar-refractivity contribution in [1.29, 1.82) is 0 Å². The first-order chi connectivity index (χ1) is 14.2. The van der Waals surface area contributed by atoms with Gasteiger partial charge in [0.15, 0.2) is 5.96 Å². The summed E-state index contributed by atoms with van der Waals surface area (Å²) in [7, 11) is 1.55. The number of nitrogens with one attached hydrogen (secondary N) is 2. The van der Waals surface area contributed by atoms with Crippen molar-refractivity contribution in [3.05, 3.63) is 77.4 Å². The quantitative estimate of drug-likeness (QED) is 0.258. The van der Waals surface area contributed by atoms with Crippen molar-refractivity contribution in [3.8, 4) is 11.5 Å². The molecule has 160 valence electrons. The number of hydrogen-bond acceptors (Lipinski definition) is 4. The van der Waals surface area contributed by atoms with Crippen molar-refractivity contribution in [2.24, 2.45) is 4.99 Å². The van der Waals surface area contributed by atoms with Gasteiger partial charge in [-0.25, -0.2) is 14.4 Å². The van der Waals surface area contributed by atoms with Crippen LogP contribution in [-0.4, -0.2) is 24.6 Å². The molecule has 1 aromatic heterocycles. The van der Waals surface area contributed by atoms with Gasteiger partial charge in [-0.1, -0.05) is 24.3 Å². The Balaban J connectivity index is 0.00000320. The molecule has 0 aliphatic heterocycles. The first kappa shape index (κ1) is 23.8. The van der Waals surface area contributed by atoms with E-state index in [1.165, 1.54) is 6.07 Å². The van der Waals surface area contributed by atoms with E-state index in [0.29, 0.717) is 30.5 Å². The molecule has 1 heterocycles. The van der Waals surface area contributed by atoms with Gasteiger partial charge in [-0.3, -0.25) is 0 Å². The van der Waals surface area contributed by atoms with Gasteiger partial charge in [0.25, 0.3) is 0 Å². The van der Waals surface area contributed by atoms with Gasteiger partial charge in [-0.2, -0.15) is 0 Å². The molecule has 0 spiro atoms. The molecule has 0 atom stereocenters. The molecule has 3 rings (SSSR count). The second kappa shape index (κ2) is 12.3. The number of aromatic nitrogens is 1. The third-order valence-corrected chi connectivity index (χ3v) is 4.18. The highest BCUT2D eigenvalue weighted by Gasteiger charge is 2.07. The standard InChI is InChI=1S/C22H25FN4O2.HI/c1-3-24-22(25-12-16-9-10-20(23)18(11-16)14-28-2)26-13-19-15-29-21(27-19)17-7-5-4-6-8-17;/h4-11,15H,3,12-14H2,1-2H3,(H2,24,25,26);1H. The molecule has 0 bridgehead atoms. The molecule has 0 amide bonds. The molecular weight excluding hydrogens is 498 g/mol.